The Kier molecular flexibility index (Phi) is 5.13. The van der Waals surface area contributed by atoms with E-state index in [1.807, 2.05) is 28.6 Å². The molecular weight excluding hydrogens is 302 g/mol. The maximum atomic E-state index is 12.4. The number of urea groups is 1. The first-order valence-electron chi connectivity index (χ1n) is 8.56. The fourth-order valence-corrected chi connectivity index (χ4v) is 3.34. The van der Waals surface area contributed by atoms with E-state index < -0.39 is 0 Å². The number of carbonyl (C=O) groups is 1. The Balaban J connectivity index is 1.51. The smallest absolute Gasteiger partial charge is 0.317 e. The Morgan fingerprint density at radius 1 is 1.38 bits per heavy atom. The van der Waals surface area contributed by atoms with Crippen molar-refractivity contribution in [3.05, 3.63) is 47.5 Å². The van der Waals surface area contributed by atoms with E-state index in [0.717, 1.165) is 31.6 Å². The SMILES string of the molecule is Cc1ccccc1CCNC(=O)N1CCCC(c2nncn2C)C1. The molecule has 1 aliphatic rings. The van der Waals surface area contributed by atoms with Crippen molar-refractivity contribution >= 4 is 6.03 Å². The van der Waals surface area contributed by atoms with Gasteiger partial charge in [-0.05, 0) is 37.3 Å². The number of piperidine rings is 1. The van der Waals surface area contributed by atoms with Crippen molar-refractivity contribution in [2.75, 3.05) is 19.6 Å². The van der Waals surface area contributed by atoms with E-state index >= 15 is 0 Å². The van der Waals surface area contributed by atoms with Crippen molar-refractivity contribution in [1.82, 2.24) is 25.0 Å². The summed E-state index contributed by atoms with van der Waals surface area (Å²) in [5, 5.41) is 11.2. The number of amides is 2. The molecule has 1 aliphatic heterocycles. The highest BCUT2D eigenvalue weighted by atomic mass is 16.2. The fraction of sp³-hybridized carbons (Fsp3) is 0.500. The molecular formula is C18H25N5O. The van der Waals surface area contributed by atoms with Crippen LogP contribution in [0.3, 0.4) is 0 Å². The molecule has 2 aromatic rings. The molecule has 1 fully saturated rings. The van der Waals surface area contributed by atoms with E-state index in [0.29, 0.717) is 13.1 Å². The summed E-state index contributed by atoms with van der Waals surface area (Å²) in [6.07, 6.45) is 4.64. The molecule has 1 unspecified atom stereocenters. The quantitative estimate of drug-likeness (QED) is 0.937. The lowest BCUT2D eigenvalue weighted by molar-refractivity contribution is 0.178. The lowest BCUT2D eigenvalue weighted by atomic mass is 9.97. The molecule has 1 aromatic heterocycles. The minimum Gasteiger partial charge on any atom is -0.338 e. The number of rotatable bonds is 4. The molecule has 2 amide bonds. The van der Waals surface area contributed by atoms with Crippen molar-refractivity contribution in [2.45, 2.75) is 32.1 Å². The maximum absolute atomic E-state index is 12.4. The average molecular weight is 327 g/mol. The molecule has 1 atom stereocenters. The van der Waals surface area contributed by atoms with Crippen LogP contribution < -0.4 is 5.32 Å². The van der Waals surface area contributed by atoms with Gasteiger partial charge in [0.1, 0.15) is 12.2 Å². The summed E-state index contributed by atoms with van der Waals surface area (Å²) in [7, 11) is 1.95. The van der Waals surface area contributed by atoms with Crippen LogP contribution in [0.1, 0.15) is 35.7 Å². The van der Waals surface area contributed by atoms with Gasteiger partial charge in [0.15, 0.2) is 0 Å². The standard InChI is InChI=1S/C18H25N5O/c1-14-6-3-4-7-15(14)9-10-19-18(24)23-11-5-8-16(12-23)17-21-20-13-22(17)2/h3-4,6-7,13,16H,5,8-12H2,1-2H3,(H,19,24). The summed E-state index contributed by atoms with van der Waals surface area (Å²) in [5.41, 5.74) is 2.56. The summed E-state index contributed by atoms with van der Waals surface area (Å²) in [6, 6.07) is 8.33. The van der Waals surface area contributed by atoms with E-state index in [4.69, 9.17) is 0 Å². The molecule has 1 saturated heterocycles. The van der Waals surface area contributed by atoms with Gasteiger partial charge in [-0.1, -0.05) is 24.3 Å². The summed E-state index contributed by atoms with van der Waals surface area (Å²) in [5.74, 6) is 1.24. The van der Waals surface area contributed by atoms with Gasteiger partial charge in [-0.2, -0.15) is 0 Å². The van der Waals surface area contributed by atoms with Gasteiger partial charge in [-0.15, -0.1) is 10.2 Å². The van der Waals surface area contributed by atoms with Crippen LogP contribution in [0.4, 0.5) is 4.79 Å². The summed E-state index contributed by atoms with van der Waals surface area (Å²) < 4.78 is 1.95. The molecule has 0 aliphatic carbocycles. The Morgan fingerprint density at radius 2 is 2.21 bits per heavy atom. The lowest BCUT2D eigenvalue weighted by Gasteiger charge is -2.32. The zero-order valence-corrected chi connectivity index (χ0v) is 14.4. The maximum Gasteiger partial charge on any atom is 0.317 e. The average Bonchev–Trinajstić information content (AvgIpc) is 3.03. The van der Waals surface area contributed by atoms with Crippen molar-refractivity contribution in [3.63, 3.8) is 0 Å². The van der Waals surface area contributed by atoms with Gasteiger partial charge >= 0.3 is 6.03 Å². The van der Waals surface area contributed by atoms with Crippen LogP contribution in [0.15, 0.2) is 30.6 Å². The molecule has 3 rings (SSSR count). The molecule has 0 radical (unpaired) electrons. The van der Waals surface area contributed by atoms with Crippen LogP contribution in [0.25, 0.3) is 0 Å². The molecule has 128 valence electrons. The van der Waals surface area contributed by atoms with Crippen molar-refractivity contribution in [3.8, 4) is 0 Å². The Morgan fingerprint density at radius 3 is 2.96 bits per heavy atom. The van der Waals surface area contributed by atoms with Crippen LogP contribution in [0.5, 0.6) is 0 Å². The molecule has 24 heavy (non-hydrogen) atoms. The number of carbonyl (C=O) groups excluding carboxylic acids is 1. The summed E-state index contributed by atoms with van der Waals surface area (Å²) in [4.78, 5) is 14.3. The van der Waals surface area contributed by atoms with Crippen LogP contribution in [-0.4, -0.2) is 45.3 Å². The number of hydrogen-bond acceptors (Lipinski definition) is 3. The molecule has 6 nitrogen and oxygen atoms in total. The second kappa shape index (κ2) is 7.47. The number of likely N-dealkylation sites (tertiary alicyclic amines) is 1. The Labute approximate surface area is 142 Å². The van der Waals surface area contributed by atoms with Gasteiger partial charge in [0.25, 0.3) is 0 Å². The summed E-state index contributed by atoms with van der Waals surface area (Å²) >= 11 is 0. The highest BCUT2D eigenvalue weighted by molar-refractivity contribution is 5.74. The van der Waals surface area contributed by atoms with Crippen LogP contribution in [-0.2, 0) is 13.5 Å². The minimum absolute atomic E-state index is 0.0236. The Hall–Kier alpha value is -2.37. The van der Waals surface area contributed by atoms with Gasteiger partial charge in [0.05, 0.1) is 0 Å². The van der Waals surface area contributed by atoms with E-state index in [-0.39, 0.29) is 11.9 Å². The zero-order valence-electron chi connectivity index (χ0n) is 14.4. The van der Waals surface area contributed by atoms with Gasteiger partial charge in [-0.25, -0.2) is 4.79 Å². The van der Waals surface area contributed by atoms with Crippen LogP contribution in [0.2, 0.25) is 0 Å². The highest BCUT2D eigenvalue weighted by Crippen LogP contribution is 2.24. The van der Waals surface area contributed by atoms with Crippen LogP contribution in [0, 0.1) is 6.92 Å². The summed E-state index contributed by atoms with van der Waals surface area (Å²) in [6.45, 7) is 4.29. The number of aryl methyl sites for hydroxylation is 2. The topological polar surface area (TPSA) is 63.1 Å². The first-order valence-corrected chi connectivity index (χ1v) is 8.56. The first kappa shape index (κ1) is 16.5. The van der Waals surface area contributed by atoms with Gasteiger partial charge in [0.2, 0.25) is 0 Å². The molecule has 6 heteroatoms. The number of nitrogens with one attached hydrogen (secondary N) is 1. The van der Waals surface area contributed by atoms with E-state index in [1.165, 1.54) is 11.1 Å². The van der Waals surface area contributed by atoms with Gasteiger partial charge in [0, 0.05) is 32.6 Å². The largest absolute Gasteiger partial charge is 0.338 e. The second-order valence-corrected chi connectivity index (χ2v) is 6.49. The molecule has 0 saturated carbocycles. The van der Waals surface area contributed by atoms with Crippen molar-refractivity contribution < 1.29 is 4.79 Å². The van der Waals surface area contributed by atoms with Crippen molar-refractivity contribution in [1.29, 1.82) is 0 Å². The molecule has 0 bridgehead atoms. The molecule has 1 N–H and O–H groups in total. The predicted octanol–water partition coefficient (Wildman–Crippen LogP) is 2.26. The lowest BCUT2D eigenvalue weighted by Crippen LogP contribution is -2.45. The number of aromatic nitrogens is 3. The fourth-order valence-electron chi connectivity index (χ4n) is 3.34. The second-order valence-electron chi connectivity index (χ2n) is 6.49. The number of benzene rings is 1. The number of hydrogen-bond donors (Lipinski definition) is 1. The van der Waals surface area contributed by atoms with E-state index in [9.17, 15) is 4.79 Å². The van der Waals surface area contributed by atoms with E-state index in [1.54, 1.807) is 6.33 Å². The molecule has 0 spiro atoms. The third-order valence-electron chi connectivity index (χ3n) is 4.75. The first-order chi connectivity index (χ1) is 11.6. The minimum atomic E-state index is 0.0236. The number of nitrogens with zero attached hydrogens (tertiary/aromatic N) is 4. The predicted molar refractivity (Wildman–Crippen MR) is 92.8 cm³/mol. The third kappa shape index (κ3) is 3.75. The highest BCUT2D eigenvalue weighted by Gasteiger charge is 2.27. The molecule has 2 heterocycles. The normalized spacial score (nSPS) is 17.8. The zero-order chi connectivity index (χ0) is 16.9. The van der Waals surface area contributed by atoms with Crippen LogP contribution >= 0.6 is 0 Å². The molecule has 1 aromatic carbocycles. The third-order valence-corrected chi connectivity index (χ3v) is 4.75. The monoisotopic (exact) mass is 327 g/mol. The van der Waals surface area contributed by atoms with Crippen molar-refractivity contribution in [2.24, 2.45) is 7.05 Å². The van der Waals surface area contributed by atoms with E-state index in [2.05, 4.69) is 34.6 Å². The van der Waals surface area contributed by atoms with Gasteiger partial charge in [-0.3, -0.25) is 0 Å². The van der Waals surface area contributed by atoms with Gasteiger partial charge < -0.3 is 14.8 Å². The Bertz CT molecular complexity index is 696.